The molecule has 4 nitrogen and oxygen atoms in total. The van der Waals surface area contributed by atoms with Crippen molar-refractivity contribution in [3.8, 4) is 0 Å². The molecule has 3 aromatic rings. The minimum atomic E-state index is -0.00661. The average molecular weight is 351 g/mol. The molecule has 1 aliphatic rings. The van der Waals surface area contributed by atoms with Crippen LogP contribution < -0.4 is 10.2 Å². The Hall–Kier alpha value is -2.40. The standard InChI is InChI=1S/C20H21N3OS/c1-14-22-18-10-9-15(12-19(18)25-14)20(24)21-13-17-8-5-11-23(17)16-6-3-2-4-7-16/h2-4,6-7,9-10,12,17H,5,8,11,13H2,1H3,(H,21,24). The second kappa shape index (κ2) is 6.84. The Morgan fingerprint density at radius 2 is 2.12 bits per heavy atom. The van der Waals surface area contributed by atoms with Gasteiger partial charge in [0.05, 0.1) is 15.2 Å². The highest BCUT2D eigenvalue weighted by Gasteiger charge is 2.25. The van der Waals surface area contributed by atoms with Gasteiger partial charge in [0.15, 0.2) is 0 Å². The topological polar surface area (TPSA) is 45.2 Å². The smallest absolute Gasteiger partial charge is 0.251 e. The molecule has 25 heavy (non-hydrogen) atoms. The van der Waals surface area contributed by atoms with Crippen molar-refractivity contribution >= 4 is 33.1 Å². The third kappa shape index (κ3) is 3.37. The number of hydrogen-bond acceptors (Lipinski definition) is 4. The minimum Gasteiger partial charge on any atom is -0.367 e. The Morgan fingerprint density at radius 3 is 2.96 bits per heavy atom. The van der Waals surface area contributed by atoms with Crippen molar-refractivity contribution in [3.05, 3.63) is 59.1 Å². The Labute approximate surface area is 151 Å². The normalized spacial score (nSPS) is 17.2. The molecule has 1 saturated heterocycles. The number of amides is 1. The fraction of sp³-hybridized carbons (Fsp3) is 0.300. The molecule has 0 radical (unpaired) electrons. The number of nitrogens with zero attached hydrogens (tertiary/aromatic N) is 2. The summed E-state index contributed by atoms with van der Waals surface area (Å²) >= 11 is 1.63. The van der Waals surface area contributed by atoms with Gasteiger partial charge in [0.2, 0.25) is 0 Å². The van der Waals surface area contributed by atoms with Gasteiger partial charge in [-0.3, -0.25) is 4.79 Å². The van der Waals surface area contributed by atoms with Gasteiger partial charge in [-0.05, 0) is 50.1 Å². The predicted octanol–water partition coefficient (Wildman–Crippen LogP) is 4.00. The lowest BCUT2D eigenvalue weighted by Crippen LogP contribution is -2.40. The summed E-state index contributed by atoms with van der Waals surface area (Å²) in [4.78, 5) is 19.4. The number of hydrogen-bond donors (Lipinski definition) is 1. The highest BCUT2D eigenvalue weighted by Crippen LogP contribution is 2.25. The third-order valence-electron chi connectivity index (χ3n) is 4.72. The van der Waals surface area contributed by atoms with E-state index in [1.54, 1.807) is 11.3 Å². The van der Waals surface area contributed by atoms with Crippen LogP contribution >= 0.6 is 11.3 Å². The van der Waals surface area contributed by atoms with Crippen molar-refractivity contribution in [1.29, 1.82) is 0 Å². The Bertz CT molecular complexity index is 890. The van der Waals surface area contributed by atoms with E-state index in [-0.39, 0.29) is 5.91 Å². The van der Waals surface area contributed by atoms with Gasteiger partial charge in [0.1, 0.15) is 0 Å². The number of carbonyl (C=O) groups is 1. The molecule has 0 bridgehead atoms. The molecule has 1 aromatic heterocycles. The van der Waals surface area contributed by atoms with Crippen LogP contribution in [0.5, 0.6) is 0 Å². The number of carbonyl (C=O) groups excluding carboxylic acids is 1. The number of anilines is 1. The van der Waals surface area contributed by atoms with Crippen molar-refractivity contribution in [3.63, 3.8) is 0 Å². The molecule has 1 N–H and O–H groups in total. The summed E-state index contributed by atoms with van der Waals surface area (Å²) in [6, 6.07) is 16.5. The van der Waals surface area contributed by atoms with E-state index in [0.717, 1.165) is 28.2 Å². The molecule has 4 rings (SSSR count). The molecular formula is C20H21N3OS. The molecule has 128 valence electrons. The number of aromatic nitrogens is 1. The van der Waals surface area contributed by atoms with Crippen molar-refractivity contribution < 1.29 is 4.79 Å². The van der Waals surface area contributed by atoms with Gasteiger partial charge in [-0.1, -0.05) is 18.2 Å². The molecule has 2 heterocycles. The van der Waals surface area contributed by atoms with E-state index < -0.39 is 0 Å². The summed E-state index contributed by atoms with van der Waals surface area (Å²) in [6.45, 7) is 3.72. The first-order valence-corrected chi connectivity index (χ1v) is 9.49. The van der Waals surface area contributed by atoms with E-state index in [1.165, 1.54) is 12.1 Å². The van der Waals surface area contributed by atoms with Crippen LogP contribution in [0.1, 0.15) is 28.2 Å². The zero-order valence-electron chi connectivity index (χ0n) is 14.2. The van der Waals surface area contributed by atoms with Gasteiger partial charge in [0.25, 0.3) is 5.91 Å². The maximum Gasteiger partial charge on any atom is 0.251 e. The van der Waals surface area contributed by atoms with E-state index in [2.05, 4.69) is 39.5 Å². The molecule has 1 atom stereocenters. The summed E-state index contributed by atoms with van der Waals surface area (Å²) in [5, 5.41) is 4.14. The fourth-order valence-corrected chi connectivity index (χ4v) is 4.37. The SMILES string of the molecule is Cc1nc2ccc(C(=O)NCC3CCCN3c3ccccc3)cc2s1. The number of aryl methyl sites for hydroxylation is 1. The second-order valence-electron chi connectivity index (χ2n) is 6.45. The molecule has 1 amide bonds. The molecule has 0 saturated carbocycles. The van der Waals surface area contributed by atoms with E-state index in [1.807, 2.05) is 31.2 Å². The van der Waals surface area contributed by atoms with Crippen LogP contribution in [0.2, 0.25) is 0 Å². The van der Waals surface area contributed by atoms with Crippen LogP contribution in [-0.2, 0) is 0 Å². The first-order chi connectivity index (χ1) is 12.2. The average Bonchev–Trinajstić information content (AvgIpc) is 3.24. The molecule has 5 heteroatoms. The summed E-state index contributed by atoms with van der Waals surface area (Å²) in [6.07, 6.45) is 2.28. The summed E-state index contributed by atoms with van der Waals surface area (Å²) in [5.41, 5.74) is 2.91. The van der Waals surface area contributed by atoms with Crippen LogP contribution in [0.15, 0.2) is 48.5 Å². The van der Waals surface area contributed by atoms with Crippen LogP contribution in [0, 0.1) is 6.92 Å². The summed E-state index contributed by atoms with van der Waals surface area (Å²) in [7, 11) is 0. The van der Waals surface area contributed by atoms with Gasteiger partial charge in [0, 0.05) is 30.4 Å². The Morgan fingerprint density at radius 1 is 1.28 bits per heavy atom. The largest absolute Gasteiger partial charge is 0.367 e. The highest BCUT2D eigenvalue weighted by molar-refractivity contribution is 7.18. The van der Waals surface area contributed by atoms with Gasteiger partial charge in [-0.25, -0.2) is 4.98 Å². The monoisotopic (exact) mass is 351 g/mol. The number of rotatable bonds is 4. The first-order valence-electron chi connectivity index (χ1n) is 8.68. The van der Waals surface area contributed by atoms with Crippen LogP contribution in [0.3, 0.4) is 0 Å². The highest BCUT2D eigenvalue weighted by atomic mass is 32.1. The lowest BCUT2D eigenvalue weighted by molar-refractivity contribution is 0.0951. The predicted molar refractivity (Wildman–Crippen MR) is 104 cm³/mol. The van der Waals surface area contributed by atoms with Gasteiger partial charge < -0.3 is 10.2 Å². The summed E-state index contributed by atoms with van der Waals surface area (Å²) in [5.74, 6) is -0.00661. The van der Waals surface area contributed by atoms with E-state index in [0.29, 0.717) is 18.2 Å². The van der Waals surface area contributed by atoms with E-state index in [9.17, 15) is 4.79 Å². The maximum absolute atomic E-state index is 12.5. The third-order valence-corrected chi connectivity index (χ3v) is 5.65. The number of thiazole rings is 1. The van der Waals surface area contributed by atoms with Crippen LogP contribution in [0.25, 0.3) is 10.2 Å². The first kappa shape index (κ1) is 16.1. The van der Waals surface area contributed by atoms with Crippen LogP contribution in [0.4, 0.5) is 5.69 Å². The fourth-order valence-electron chi connectivity index (χ4n) is 3.50. The van der Waals surface area contributed by atoms with Gasteiger partial charge >= 0.3 is 0 Å². The molecule has 0 aliphatic carbocycles. The molecule has 2 aromatic carbocycles. The lowest BCUT2D eigenvalue weighted by atomic mass is 10.1. The Kier molecular flexibility index (Phi) is 4.40. The quantitative estimate of drug-likeness (QED) is 0.773. The van der Waals surface area contributed by atoms with Crippen LogP contribution in [-0.4, -0.2) is 30.0 Å². The zero-order chi connectivity index (χ0) is 17.2. The van der Waals surface area contributed by atoms with Crippen molar-refractivity contribution in [2.45, 2.75) is 25.8 Å². The molecule has 1 aliphatic heterocycles. The number of nitrogens with one attached hydrogen (secondary N) is 1. The minimum absolute atomic E-state index is 0.00661. The number of fused-ring (bicyclic) bond motifs is 1. The molecule has 1 unspecified atom stereocenters. The number of benzene rings is 2. The second-order valence-corrected chi connectivity index (χ2v) is 7.69. The van der Waals surface area contributed by atoms with E-state index >= 15 is 0 Å². The van der Waals surface area contributed by atoms with E-state index in [4.69, 9.17) is 0 Å². The number of para-hydroxylation sites is 1. The van der Waals surface area contributed by atoms with Crippen molar-refractivity contribution in [1.82, 2.24) is 10.3 Å². The lowest BCUT2D eigenvalue weighted by Gasteiger charge is -2.27. The maximum atomic E-state index is 12.5. The summed E-state index contributed by atoms with van der Waals surface area (Å²) < 4.78 is 1.07. The van der Waals surface area contributed by atoms with Gasteiger partial charge in [-0.15, -0.1) is 11.3 Å². The molecular weight excluding hydrogens is 330 g/mol. The van der Waals surface area contributed by atoms with Crippen molar-refractivity contribution in [2.24, 2.45) is 0 Å². The van der Waals surface area contributed by atoms with Gasteiger partial charge in [-0.2, -0.15) is 0 Å². The van der Waals surface area contributed by atoms with Crippen molar-refractivity contribution in [2.75, 3.05) is 18.0 Å². The Balaban J connectivity index is 1.43. The molecule has 1 fully saturated rings. The zero-order valence-corrected chi connectivity index (χ0v) is 15.1. The molecule has 0 spiro atoms.